The van der Waals surface area contributed by atoms with Crippen LogP contribution in [0.1, 0.15) is 57.7 Å². The maximum atomic E-state index is 13.9. The van der Waals surface area contributed by atoms with Gasteiger partial charge < -0.3 is 15.0 Å². The van der Waals surface area contributed by atoms with Crippen LogP contribution in [0.2, 0.25) is 0 Å². The van der Waals surface area contributed by atoms with Gasteiger partial charge in [0.05, 0.1) is 0 Å². The van der Waals surface area contributed by atoms with Crippen molar-refractivity contribution in [2.24, 2.45) is 0 Å². The molecule has 0 unspecified atom stereocenters. The number of rotatable bonds is 11. The average molecular weight is 580 g/mol. The van der Waals surface area contributed by atoms with Crippen LogP contribution in [0.4, 0.5) is 0 Å². The Hall–Kier alpha value is -3.12. The van der Waals surface area contributed by atoms with Crippen LogP contribution in [0, 0.1) is 0 Å². The minimum absolute atomic E-state index is 0.000295. The summed E-state index contributed by atoms with van der Waals surface area (Å²) in [4.78, 5) is 29.1. The van der Waals surface area contributed by atoms with Crippen LogP contribution in [0.25, 0.3) is 0 Å². The van der Waals surface area contributed by atoms with Crippen LogP contribution in [0.3, 0.4) is 0 Å². The van der Waals surface area contributed by atoms with Gasteiger partial charge in [0, 0.05) is 23.5 Å². The molecule has 2 amide bonds. The Morgan fingerprint density at radius 1 is 0.921 bits per heavy atom. The van der Waals surface area contributed by atoms with E-state index in [9.17, 15) is 9.59 Å². The third-order valence-electron chi connectivity index (χ3n) is 6.58. The van der Waals surface area contributed by atoms with Crippen molar-refractivity contribution < 1.29 is 14.3 Å². The fourth-order valence-electron chi connectivity index (χ4n) is 4.22. The molecular formula is C32H39BrN2O3. The van der Waals surface area contributed by atoms with Crippen molar-refractivity contribution in [2.75, 3.05) is 6.61 Å². The van der Waals surface area contributed by atoms with Crippen LogP contribution in [-0.4, -0.2) is 35.4 Å². The number of benzene rings is 3. The predicted molar refractivity (Wildman–Crippen MR) is 157 cm³/mol. The smallest absolute Gasteiger partial charge is 0.261 e. The zero-order chi connectivity index (χ0) is 27.7. The van der Waals surface area contributed by atoms with E-state index >= 15 is 0 Å². The van der Waals surface area contributed by atoms with Crippen molar-refractivity contribution in [1.82, 2.24) is 10.2 Å². The highest BCUT2D eigenvalue weighted by atomic mass is 79.9. The van der Waals surface area contributed by atoms with Gasteiger partial charge in [0.2, 0.25) is 5.91 Å². The molecule has 3 rings (SSSR count). The molecule has 6 heteroatoms. The van der Waals surface area contributed by atoms with E-state index in [-0.39, 0.29) is 29.9 Å². The van der Waals surface area contributed by atoms with Gasteiger partial charge in [0.1, 0.15) is 11.8 Å². The number of para-hydroxylation sites is 1. The van der Waals surface area contributed by atoms with Gasteiger partial charge in [0.15, 0.2) is 6.61 Å². The summed E-state index contributed by atoms with van der Waals surface area (Å²) in [7, 11) is 0. The van der Waals surface area contributed by atoms with Crippen LogP contribution in [0.15, 0.2) is 83.3 Å². The molecule has 3 aromatic carbocycles. The van der Waals surface area contributed by atoms with Gasteiger partial charge in [-0.2, -0.15) is 0 Å². The van der Waals surface area contributed by atoms with Gasteiger partial charge in [-0.05, 0) is 53.6 Å². The van der Waals surface area contributed by atoms with E-state index in [0.29, 0.717) is 18.7 Å². The molecule has 202 valence electrons. The van der Waals surface area contributed by atoms with Crippen molar-refractivity contribution in [1.29, 1.82) is 0 Å². The number of amides is 2. The third-order valence-corrected chi connectivity index (χ3v) is 7.11. The zero-order valence-electron chi connectivity index (χ0n) is 23.0. The topological polar surface area (TPSA) is 58.6 Å². The van der Waals surface area contributed by atoms with E-state index in [1.54, 1.807) is 4.90 Å². The molecule has 0 bridgehead atoms. The molecule has 0 saturated heterocycles. The molecule has 0 radical (unpaired) electrons. The first-order valence-electron chi connectivity index (χ1n) is 13.2. The number of halogens is 1. The lowest BCUT2D eigenvalue weighted by molar-refractivity contribution is -0.143. The summed E-state index contributed by atoms with van der Waals surface area (Å²) in [6, 6.07) is 24.8. The van der Waals surface area contributed by atoms with E-state index in [4.69, 9.17) is 4.74 Å². The number of ether oxygens (including phenoxy) is 1. The SMILES string of the molecule is CC[C@H](C)NC(=O)[C@H](Cc1ccccc1)N(Cc1ccc(Br)cc1)C(=O)COc1ccccc1C(C)(C)C. The quantitative estimate of drug-likeness (QED) is 0.276. The summed E-state index contributed by atoms with van der Waals surface area (Å²) < 4.78 is 7.07. The summed E-state index contributed by atoms with van der Waals surface area (Å²) in [5.74, 6) is 0.279. The molecular weight excluding hydrogens is 540 g/mol. The number of nitrogens with zero attached hydrogens (tertiary/aromatic N) is 1. The Kier molecular flexibility index (Phi) is 10.5. The molecule has 0 aromatic heterocycles. The van der Waals surface area contributed by atoms with Gasteiger partial charge in [-0.1, -0.05) is 104 Å². The highest BCUT2D eigenvalue weighted by Crippen LogP contribution is 2.31. The van der Waals surface area contributed by atoms with Crippen molar-refractivity contribution in [3.8, 4) is 5.75 Å². The fraction of sp³-hybridized carbons (Fsp3) is 0.375. The maximum Gasteiger partial charge on any atom is 0.261 e. The predicted octanol–water partition coefficient (Wildman–Crippen LogP) is 6.68. The van der Waals surface area contributed by atoms with E-state index in [1.165, 1.54) is 0 Å². The molecule has 0 aliphatic heterocycles. The Balaban J connectivity index is 1.94. The van der Waals surface area contributed by atoms with Gasteiger partial charge >= 0.3 is 0 Å². The Bertz CT molecular complexity index is 1190. The second-order valence-electron chi connectivity index (χ2n) is 10.7. The molecule has 0 fully saturated rings. The number of hydrogen-bond donors (Lipinski definition) is 1. The summed E-state index contributed by atoms with van der Waals surface area (Å²) in [5.41, 5.74) is 2.82. The first kappa shape index (κ1) is 29.4. The normalized spacial score (nSPS) is 12.9. The van der Waals surface area contributed by atoms with E-state index in [2.05, 4.69) is 42.0 Å². The van der Waals surface area contributed by atoms with E-state index in [0.717, 1.165) is 27.6 Å². The Morgan fingerprint density at radius 2 is 1.55 bits per heavy atom. The van der Waals surface area contributed by atoms with Crippen LogP contribution >= 0.6 is 15.9 Å². The Morgan fingerprint density at radius 3 is 2.18 bits per heavy atom. The zero-order valence-corrected chi connectivity index (χ0v) is 24.6. The lowest BCUT2D eigenvalue weighted by Gasteiger charge is -2.32. The lowest BCUT2D eigenvalue weighted by Crippen LogP contribution is -2.53. The van der Waals surface area contributed by atoms with Crippen molar-refractivity contribution in [3.63, 3.8) is 0 Å². The molecule has 3 aromatic rings. The summed E-state index contributed by atoms with van der Waals surface area (Å²) in [5, 5.41) is 3.10. The standard InChI is InChI=1S/C32H39BrN2O3/c1-6-23(2)34-31(37)28(20-24-12-8-7-9-13-24)35(21-25-16-18-26(33)19-17-25)30(36)22-38-29-15-11-10-14-27(29)32(3,4)5/h7-19,23,28H,6,20-22H2,1-5H3,(H,34,37)/t23-,28-/m0/s1. The molecule has 1 N–H and O–H groups in total. The monoisotopic (exact) mass is 578 g/mol. The largest absolute Gasteiger partial charge is 0.483 e. The first-order valence-corrected chi connectivity index (χ1v) is 14.0. The second kappa shape index (κ2) is 13.6. The van der Waals surface area contributed by atoms with Gasteiger partial charge in [-0.3, -0.25) is 9.59 Å². The maximum absolute atomic E-state index is 13.9. The van der Waals surface area contributed by atoms with Gasteiger partial charge in [-0.25, -0.2) is 0 Å². The summed E-state index contributed by atoms with van der Waals surface area (Å²) in [6.45, 7) is 10.5. The van der Waals surface area contributed by atoms with Crippen molar-refractivity contribution >= 4 is 27.7 Å². The van der Waals surface area contributed by atoms with Crippen LogP contribution in [0.5, 0.6) is 5.75 Å². The van der Waals surface area contributed by atoms with Crippen molar-refractivity contribution in [2.45, 2.75) is 71.5 Å². The van der Waals surface area contributed by atoms with E-state index in [1.807, 2.05) is 92.7 Å². The van der Waals surface area contributed by atoms with Crippen molar-refractivity contribution in [3.05, 3.63) is 100 Å². The number of carbonyl (C=O) groups excluding carboxylic acids is 2. The van der Waals surface area contributed by atoms with Gasteiger partial charge in [-0.15, -0.1) is 0 Å². The highest BCUT2D eigenvalue weighted by molar-refractivity contribution is 9.10. The molecule has 0 saturated carbocycles. The number of nitrogens with one attached hydrogen (secondary N) is 1. The molecule has 38 heavy (non-hydrogen) atoms. The minimum atomic E-state index is -0.691. The molecule has 0 aliphatic rings. The highest BCUT2D eigenvalue weighted by Gasteiger charge is 2.31. The van der Waals surface area contributed by atoms with Gasteiger partial charge in [0.25, 0.3) is 5.91 Å². The van der Waals surface area contributed by atoms with E-state index < -0.39 is 6.04 Å². The lowest BCUT2D eigenvalue weighted by atomic mass is 9.86. The van der Waals surface area contributed by atoms with Crippen LogP contribution in [-0.2, 0) is 28.0 Å². The third kappa shape index (κ3) is 8.45. The second-order valence-corrected chi connectivity index (χ2v) is 11.6. The first-order chi connectivity index (χ1) is 18.1. The molecule has 0 aliphatic carbocycles. The number of hydrogen-bond acceptors (Lipinski definition) is 3. The number of carbonyl (C=O) groups is 2. The molecule has 0 heterocycles. The summed E-state index contributed by atoms with van der Waals surface area (Å²) >= 11 is 3.48. The summed E-state index contributed by atoms with van der Waals surface area (Å²) in [6.07, 6.45) is 1.21. The fourth-order valence-corrected chi connectivity index (χ4v) is 4.48. The minimum Gasteiger partial charge on any atom is -0.483 e. The average Bonchev–Trinajstić information content (AvgIpc) is 2.90. The molecule has 0 spiro atoms. The molecule has 5 nitrogen and oxygen atoms in total. The van der Waals surface area contributed by atoms with Crippen LogP contribution < -0.4 is 10.1 Å². The Labute approximate surface area is 235 Å². The molecule has 2 atom stereocenters.